The number of halogens is 1. The molecule has 1 aliphatic rings. The number of carbonyl (C=O) groups excluding carboxylic acids is 1. The van der Waals surface area contributed by atoms with Crippen molar-refractivity contribution >= 4 is 38.4 Å². The number of amides is 1. The first-order valence-corrected chi connectivity index (χ1v) is 10.5. The third kappa shape index (κ3) is 4.41. The standard InChI is InChI=1S/C22H23BrN4O2/c1-14-12-18-19(5-2-6-20(18)26-25-14)24-17-4-3-11-27(13-17)22(29)21(28)15-7-9-16(23)10-8-15/h2,5-10,12,17,21,24,28H,3-4,11,13H2,1H3. The number of aromatic nitrogens is 2. The summed E-state index contributed by atoms with van der Waals surface area (Å²) in [5.74, 6) is -0.251. The summed E-state index contributed by atoms with van der Waals surface area (Å²) in [6.07, 6.45) is 0.712. The molecule has 2 N–H and O–H groups in total. The van der Waals surface area contributed by atoms with Gasteiger partial charge in [-0.3, -0.25) is 4.79 Å². The molecule has 150 valence electrons. The normalized spacial score (nSPS) is 17.9. The van der Waals surface area contributed by atoms with Crippen molar-refractivity contribution in [1.82, 2.24) is 15.1 Å². The minimum atomic E-state index is -1.14. The highest BCUT2D eigenvalue weighted by Gasteiger charge is 2.29. The van der Waals surface area contributed by atoms with Crippen LogP contribution in [0, 0.1) is 6.92 Å². The fourth-order valence-electron chi connectivity index (χ4n) is 3.76. The van der Waals surface area contributed by atoms with Gasteiger partial charge in [0.1, 0.15) is 0 Å². The van der Waals surface area contributed by atoms with Crippen molar-refractivity contribution in [2.24, 2.45) is 0 Å². The second-order valence-electron chi connectivity index (χ2n) is 7.45. The van der Waals surface area contributed by atoms with Crippen molar-refractivity contribution in [1.29, 1.82) is 0 Å². The zero-order valence-electron chi connectivity index (χ0n) is 16.2. The number of hydrogen-bond donors (Lipinski definition) is 2. The van der Waals surface area contributed by atoms with E-state index in [2.05, 4.69) is 31.4 Å². The Morgan fingerprint density at radius 2 is 2.03 bits per heavy atom. The van der Waals surface area contributed by atoms with Crippen LogP contribution in [-0.2, 0) is 4.79 Å². The van der Waals surface area contributed by atoms with Crippen molar-refractivity contribution in [2.45, 2.75) is 31.9 Å². The van der Waals surface area contributed by atoms with Gasteiger partial charge in [-0.25, -0.2) is 0 Å². The maximum atomic E-state index is 12.9. The van der Waals surface area contributed by atoms with E-state index in [4.69, 9.17) is 0 Å². The highest BCUT2D eigenvalue weighted by atomic mass is 79.9. The number of hydrogen-bond acceptors (Lipinski definition) is 5. The lowest BCUT2D eigenvalue weighted by Crippen LogP contribution is -2.46. The average Bonchev–Trinajstić information content (AvgIpc) is 2.74. The fourth-order valence-corrected chi connectivity index (χ4v) is 4.03. The Kier molecular flexibility index (Phi) is 5.78. The summed E-state index contributed by atoms with van der Waals surface area (Å²) in [6.45, 7) is 3.14. The molecular weight excluding hydrogens is 432 g/mol. The van der Waals surface area contributed by atoms with E-state index < -0.39 is 6.10 Å². The number of piperidine rings is 1. The van der Waals surface area contributed by atoms with Gasteiger partial charge < -0.3 is 15.3 Å². The molecule has 3 aromatic rings. The van der Waals surface area contributed by atoms with Crippen LogP contribution in [0.1, 0.15) is 30.2 Å². The predicted octanol–water partition coefficient (Wildman–Crippen LogP) is 3.84. The van der Waals surface area contributed by atoms with Gasteiger partial charge >= 0.3 is 0 Å². The highest BCUT2D eigenvalue weighted by Crippen LogP contribution is 2.26. The van der Waals surface area contributed by atoms with Crippen LogP contribution in [0.3, 0.4) is 0 Å². The smallest absolute Gasteiger partial charge is 0.256 e. The first-order valence-electron chi connectivity index (χ1n) is 9.73. The summed E-state index contributed by atoms with van der Waals surface area (Å²) in [6, 6.07) is 15.3. The van der Waals surface area contributed by atoms with Gasteiger partial charge in [0.15, 0.2) is 6.10 Å². The highest BCUT2D eigenvalue weighted by molar-refractivity contribution is 9.10. The second kappa shape index (κ2) is 8.47. The third-order valence-corrected chi connectivity index (χ3v) is 5.79. The van der Waals surface area contributed by atoms with Crippen LogP contribution in [0.4, 0.5) is 5.69 Å². The summed E-state index contributed by atoms with van der Waals surface area (Å²) in [5, 5.41) is 23.5. The number of aryl methyl sites for hydroxylation is 1. The Hall–Kier alpha value is -2.51. The van der Waals surface area contributed by atoms with E-state index in [-0.39, 0.29) is 11.9 Å². The monoisotopic (exact) mass is 454 g/mol. The molecule has 29 heavy (non-hydrogen) atoms. The lowest BCUT2D eigenvalue weighted by atomic mass is 10.0. The fraction of sp³-hybridized carbons (Fsp3) is 0.318. The molecule has 4 rings (SSSR count). The number of fused-ring (bicyclic) bond motifs is 1. The molecule has 2 aromatic carbocycles. The molecule has 2 unspecified atom stereocenters. The van der Waals surface area contributed by atoms with Crippen molar-refractivity contribution < 1.29 is 9.90 Å². The van der Waals surface area contributed by atoms with E-state index in [0.29, 0.717) is 18.7 Å². The van der Waals surface area contributed by atoms with E-state index in [0.717, 1.165) is 39.6 Å². The topological polar surface area (TPSA) is 78.4 Å². The van der Waals surface area contributed by atoms with E-state index in [1.807, 2.05) is 43.3 Å². The molecule has 1 amide bonds. The van der Waals surface area contributed by atoms with Crippen LogP contribution < -0.4 is 5.32 Å². The Bertz CT molecular complexity index is 1030. The number of carbonyl (C=O) groups is 1. The number of nitrogens with one attached hydrogen (secondary N) is 1. The SMILES string of the molecule is Cc1cc2c(NC3CCCN(C(=O)C(O)c4ccc(Br)cc4)C3)cccc2nn1. The molecule has 1 aliphatic heterocycles. The number of nitrogens with zero attached hydrogens (tertiary/aromatic N) is 3. The van der Waals surface area contributed by atoms with E-state index in [1.54, 1.807) is 17.0 Å². The van der Waals surface area contributed by atoms with Gasteiger partial charge in [0.2, 0.25) is 0 Å². The second-order valence-corrected chi connectivity index (χ2v) is 8.36. The van der Waals surface area contributed by atoms with Gasteiger partial charge in [0, 0.05) is 34.7 Å². The molecule has 7 heteroatoms. The minimum absolute atomic E-state index is 0.115. The molecule has 1 fully saturated rings. The molecule has 6 nitrogen and oxygen atoms in total. The maximum Gasteiger partial charge on any atom is 0.256 e. The number of likely N-dealkylation sites (tertiary alicyclic amines) is 1. The van der Waals surface area contributed by atoms with Gasteiger partial charge in [-0.2, -0.15) is 10.2 Å². The number of benzene rings is 2. The minimum Gasteiger partial charge on any atom is -0.380 e. The van der Waals surface area contributed by atoms with Crippen LogP contribution in [0.2, 0.25) is 0 Å². The van der Waals surface area contributed by atoms with Crippen molar-refractivity contribution in [3.63, 3.8) is 0 Å². The van der Waals surface area contributed by atoms with E-state index in [9.17, 15) is 9.90 Å². The molecular formula is C22H23BrN4O2. The van der Waals surface area contributed by atoms with Crippen molar-refractivity contribution in [3.05, 3.63) is 64.3 Å². The van der Waals surface area contributed by atoms with Gasteiger partial charge in [-0.15, -0.1) is 0 Å². The third-order valence-electron chi connectivity index (χ3n) is 5.26. The summed E-state index contributed by atoms with van der Waals surface area (Å²) in [7, 11) is 0. The van der Waals surface area contributed by atoms with Gasteiger partial charge in [0.25, 0.3) is 5.91 Å². The van der Waals surface area contributed by atoms with Gasteiger partial charge in [-0.05, 0) is 55.7 Å². The van der Waals surface area contributed by atoms with Gasteiger partial charge in [0.05, 0.1) is 11.2 Å². The maximum absolute atomic E-state index is 12.9. The van der Waals surface area contributed by atoms with E-state index >= 15 is 0 Å². The largest absolute Gasteiger partial charge is 0.380 e. The first kappa shape index (κ1) is 19.8. The summed E-state index contributed by atoms with van der Waals surface area (Å²) in [5.41, 5.74) is 3.31. The quantitative estimate of drug-likeness (QED) is 0.625. The zero-order chi connectivity index (χ0) is 20.4. The van der Waals surface area contributed by atoms with Crippen LogP contribution in [-0.4, -0.2) is 45.2 Å². The summed E-state index contributed by atoms with van der Waals surface area (Å²) < 4.78 is 0.915. The number of aliphatic hydroxyl groups is 1. The lowest BCUT2D eigenvalue weighted by Gasteiger charge is -2.35. The molecule has 0 aliphatic carbocycles. The number of rotatable bonds is 4. The van der Waals surface area contributed by atoms with E-state index in [1.165, 1.54) is 0 Å². The van der Waals surface area contributed by atoms with Crippen molar-refractivity contribution in [2.75, 3.05) is 18.4 Å². The Morgan fingerprint density at radius 3 is 2.83 bits per heavy atom. The van der Waals surface area contributed by atoms with Crippen LogP contribution >= 0.6 is 15.9 Å². The Labute approximate surface area is 178 Å². The molecule has 0 bridgehead atoms. The number of aliphatic hydroxyl groups excluding tert-OH is 1. The molecule has 0 radical (unpaired) electrons. The Morgan fingerprint density at radius 1 is 1.24 bits per heavy atom. The van der Waals surface area contributed by atoms with Crippen molar-refractivity contribution in [3.8, 4) is 0 Å². The molecule has 0 spiro atoms. The molecule has 1 saturated heterocycles. The van der Waals surface area contributed by atoms with Crippen LogP contribution in [0.15, 0.2) is 53.0 Å². The van der Waals surface area contributed by atoms with Crippen LogP contribution in [0.25, 0.3) is 10.9 Å². The average molecular weight is 455 g/mol. The lowest BCUT2D eigenvalue weighted by molar-refractivity contribution is -0.141. The summed E-state index contributed by atoms with van der Waals surface area (Å²) >= 11 is 3.38. The molecule has 2 heterocycles. The predicted molar refractivity (Wildman–Crippen MR) is 117 cm³/mol. The first-order chi connectivity index (χ1) is 14.0. The van der Waals surface area contributed by atoms with Crippen LogP contribution in [0.5, 0.6) is 0 Å². The molecule has 2 atom stereocenters. The zero-order valence-corrected chi connectivity index (χ0v) is 17.8. The number of anilines is 1. The summed E-state index contributed by atoms with van der Waals surface area (Å²) in [4.78, 5) is 14.6. The Balaban J connectivity index is 1.48. The van der Waals surface area contributed by atoms with Gasteiger partial charge in [-0.1, -0.05) is 34.1 Å². The molecule has 1 aromatic heterocycles. The molecule has 0 saturated carbocycles.